The van der Waals surface area contributed by atoms with Gasteiger partial charge in [0.1, 0.15) is 0 Å². The summed E-state index contributed by atoms with van der Waals surface area (Å²) in [5.41, 5.74) is 1.89. The lowest BCUT2D eigenvalue weighted by molar-refractivity contribution is -0.131. The number of hydrogen-bond donors (Lipinski definition) is 0. The third-order valence-corrected chi connectivity index (χ3v) is 5.88. The van der Waals surface area contributed by atoms with Crippen molar-refractivity contribution in [3.05, 3.63) is 29.8 Å². The lowest BCUT2D eigenvalue weighted by atomic mass is 10.1. The summed E-state index contributed by atoms with van der Waals surface area (Å²) in [4.78, 5) is 33.4. The standard InChI is InChI=1S/C22H34N4O2/c1-3-4-11-23(2)20-9-7-19(8-10-20)22(28)26-16-14-24(15-17-26)18-21(27)25-12-5-6-13-25/h7-10H,3-6,11-18H2,1-2H3. The van der Waals surface area contributed by atoms with Gasteiger partial charge in [0.25, 0.3) is 5.91 Å². The SMILES string of the molecule is CCCCN(C)c1ccc(C(=O)N2CCN(CC(=O)N3CCCC3)CC2)cc1. The second-order valence-electron chi connectivity index (χ2n) is 7.98. The van der Waals surface area contributed by atoms with Crippen LogP contribution < -0.4 is 4.90 Å². The fourth-order valence-corrected chi connectivity index (χ4v) is 3.93. The number of piperazine rings is 1. The van der Waals surface area contributed by atoms with Crippen LogP contribution in [-0.2, 0) is 4.79 Å². The highest BCUT2D eigenvalue weighted by Gasteiger charge is 2.25. The molecule has 0 unspecified atom stereocenters. The monoisotopic (exact) mass is 386 g/mol. The zero-order valence-electron chi connectivity index (χ0n) is 17.4. The Balaban J connectivity index is 1.47. The number of rotatable bonds is 7. The van der Waals surface area contributed by atoms with Crippen LogP contribution in [0.4, 0.5) is 5.69 Å². The minimum Gasteiger partial charge on any atom is -0.375 e. The van der Waals surface area contributed by atoms with E-state index in [0.717, 1.165) is 56.8 Å². The van der Waals surface area contributed by atoms with Gasteiger partial charge in [0.15, 0.2) is 0 Å². The highest BCUT2D eigenvalue weighted by Crippen LogP contribution is 2.17. The lowest BCUT2D eigenvalue weighted by Crippen LogP contribution is -2.51. The summed E-state index contributed by atoms with van der Waals surface area (Å²) in [6.07, 6.45) is 4.60. The van der Waals surface area contributed by atoms with E-state index in [-0.39, 0.29) is 11.8 Å². The first kappa shape index (κ1) is 20.6. The molecule has 6 heteroatoms. The van der Waals surface area contributed by atoms with Gasteiger partial charge in [-0.15, -0.1) is 0 Å². The van der Waals surface area contributed by atoms with E-state index < -0.39 is 0 Å². The summed E-state index contributed by atoms with van der Waals surface area (Å²) in [5, 5.41) is 0. The van der Waals surface area contributed by atoms with E-state index >= 15 is 0 Å². The molecule has 0 atom stereocenters. The number of carbonyl (C=O) groups is 2. The molecule has 6 nitrogen and oxygen atoms in total. The molecule has 0 aliphatic carbocycles. The van der Waals surface area contributed by atoms with Crippen LogP contribution in [0.15, 0.2) is 24.3 Å². The van der Waals surface area contributed by atoms with Crippen molar-refractivity contribution in [1.82, 2.24) is 14.7 Å². The molecule has 2 aliphatic heterocycles. The van der Waals surface area contributed by atoms with Crippen LogP contribution in [0.3, 0.4) is 0 Å². The number of likely N-dealkylation sites (tertiary alicyclic amines) is 1. The van der Waals surface area contributed by atoms with Gasteiger partial charge in [-0.3, -0.25) is 14.5 Å². The Labute approximate surface area is 169 Å². The Hall–Kier alpha value is -2.08. The Morgan fingerprint density at radius 3 is 2.18 bits per heavy atom. The number of benzene rings is 1. The Bertz CT molecular complexity index is 647. The molecule has 2 fully saturated rings. The number of anilines is 1. The molecule has 0 N–H and O–H groups in total. The van der Waals surface area contributed by atoms with E-state index in [9.17, 15) is 9.59 Å². The predicted molar refractivity (Wildman–Crippen MR) is 113 cm³/mol. The van der Waals surface area contributed by atoms with E-state index in [1.54, 1.807) is 0 Å². The van der Waals surface area contributed by atoms with Crippen molar-refractivity contribution in [3.8, 4) is 0 Å². The van der Waals surface area contributed by atoms with Crippen LogP contribution in [0.25, 0.3) is 0 Å². The topological polar surface area (TPSA) is 47.1 Å². The molecule has 1 aromatic carbocycles. The van der Waals surface area contributed by atoms with Crippen molar-refractivity contribution >= 4 is 17.5 Å². The van der Waals surface area contributed by atoms with Gasteiger partial charge in [0, 0.05) is 64.1 Å². The molecular weight excluding hydrogens is 352 g/mol. The van der Waals surface area contributed by atoms with E-state index in [1.807, 2.05) is 34.1 Å². The zero-order chi connectivity index (χ0) is 19.9. The second kappa shape index (κ2) is 9.92. The quantitative estimate of drug-likeness (QED) is 0.721. The highest BCUT2D eigenvalue weighted by atomic mass is 16.2. The summed E-state index contributed by atoms with van der Waals surface area (Å²) in [6.45, 7) is 8.42. The molecule has 2 heterocycles. The average Bonchev–Trinajstić information content (AvgIpc) is 3.27. The highest BCUT2D eigenvalue weighted by molar-refractivity contribution is 5.94. The molecule has 2 saturated heterocycles. The maximum absolute atomic E-state index is 12.8. The van der Waals surface area contributed by atoms with E-state index in [2.05, 4.69) is 23.8 Å². The van der Waals surface area contributed by atoms with Crippen LogP contribution in [0.5, 0.6) is 0 Å². The smallest absolute Gasteiger partial charge is 0.253 e. The van der Waals surface area contributed by atoms with Gasteiger partial charge in [-0.1, -0.05) is 13.3 Å². The zero-order valence-corrected chi connectivity index (χ0v) is 17.4. The van der Waals surface area contributed by atoms with E-state index in [1.165, 1.54) is 12.8 Å². The van der Waals surface area contributed by atoms with Crippen LogP contribution >= 0.6 is 0 Å². The Morgan fingerprint density at radius 2 is 1.57 bits per heavy atom. The van der Waals surface area contributed by atoms with Gasteiger partial charge in [0.2, 0.25) is 5.91 Å². The number of unbranched alkanes of at least 4 members (excludes halogenated alkanes) is 1. The maximum atomic E-state index is 12.8. The van der Waals surface area contributed by atoms with Gasteiger partial charge in [-0.25, -0.2) is 0 Å². The molecule has 1 aromatic rings. The molecule has 0 spiro atoms. The second-order valence-corrected chi connectivity index (χ2v) is 7.98. The van der Waals surface area contributed by atoms with Gasteiger partial charge in [-0.05, 0) is 43.5 Å². The summed E-state index contributed by atoms with van der Waals surface area (Å²) >= 11 is 0. The first-order chi connectivity index (χ1) is 13.6. The summed E-state index contributed by atoms with van der Waals surface area (Å²) in [7, 11) is 2.09. The molecule has 0 saturated carbocycles. The van der Waals surface area contributed by atoms with Crippen LogP contribution in [-0.4, -0.2) is 85.9 Å². The van der Waals surface area contributed by atoms with Crippen molar-refractivity contribution in [2.24, 2.45) is 0 Å². The first-order valence-corrected chi connectivity index (χ1v) is 10.7. The van der Waals surface area contributed by atoms with Crippen LogP contribution in [0.2, 0.25) is 0 Å². The summed E-state index contributed by atoms with van der Waals surface area (Å²) in [6, 6.07) is 7.94. The largest absolute Gasteiger partial charge is 0.375 e. The lowest BCUT2D eigenvalue weighted by Gasteiger charge is -2.35. The minimum atomic E-state index is 0.0910. The third-order valence-electron chi connectivity index (χ3n) is 5.88. The van der Waals surface area contributed by atoms with Crippen molar-refractivity contribution in [1.29, 1.82) is 0 Å². The normalized spacial score (nSPS) is 17.8. The third kappa shape index (κ3) is 5.25. The Kier molecular flexibility index (Phi) is 7.31. The maximum Gasteiger partial charge on any atom is 0.253 e. The van der Waals surface area contributed by atoms with E-state index in [0.29, 0.717) is 19.6 Å². The molecular formula is C22H34N4O2. The fourth-order valence-electron chi connectivity index (χ4n) is 3.93. The van der Waals surface area contributed by atoms with Gasteiger partial charge in [0.05, 0.1) is 6.54 Å². The van der Waals surface area contributed by atoms with E-state index in [4.69, 9.17) is 0 Å². The minimum absolute atomic E-state index is 0.0910. The van der Waals surface area contributed by atoms with Crippen molar-refractivity contribution in [2.75, 3.05) is 64.3 Å². The molecule has 0 radical (unpaired) electrons. The van der Waals surface area contributed by atoms with Gasteiger partial charge >= 0.3 is 0 Å². The molecule has 28 heavy (non-hydrogen) atoms. The van der Waals surface area contributed by atoms with Crippen molar-refractivity contribution in [3.63, 3.8) is 0 Å². The first-order valence-electron chi connectivity index (χ1n) is 10.7. The molecule has 0 bridgehead atoms. The average molecular weight is 387 g/mol. The van der Waals surface area contributed by atoms with Crippen LogP contribution in [0.1, 0.15) is 43.0 Å². The fraction of sp³-hybridized carbons (Fsp3) is 0.636. The van der Waals surface area contributed by atoms with Crippen molar-refractivity contribution < 1.29 is 9.59 Å². The summed E-state index contributed by atoms with van der Waals surface area (Å²) in [5.74, 6) is 0.327. The number of nitrogens with zero attached hydrogens (tertiary/aromatic N) is 4. The van der Waals surface area contributed by atoms with Gasteiger partial charge < -0.3 is 14.7 Å². The van der Waals surface area contributed by atoms with Gasteiger partial charge in [-0.2, -0.15) is 0 Å². The molecule has 2 aliphatic rings. The van der Waals surface area contributed by atoms with Crippen LogP contribution in [0, 0.1) is 0 Å². The molecule has 2 amide bonds. The molecule has 154 valence electrons. The number of amides is 2. The van der Waals surface area contributed by atoms with Crippen molar-refractivity contribution in [2.45, 2.75) is 32.6 Å². The predicted octanol–water partition coefficient (Wildman–Crippen LogP) is 2.30. The Morgan fingerprint density at radius 1 is 0.929 bits per heavy atom. The molecule has 3 rings (SSSR count). The number of hydrogen-bond acceptors (Lipinski definition) is 4. The number of carbonyl (C=O) groups excluding carboxylic acids is 2. The molecule has 0 aromatic heterocycles. The summed E-state index contributed by atoms with van der Waals surface area (Å²) < 4.78 is 0.